The maximum atomic E-state index is 12.6. The Bertz CT molecular complexity index is 793. The summed E-state index contributed by atoms with van der Waals surface area (Å²) in [6.07, 6.45) is 2.93. The topological polar surface area (TPSA) is 41.6 Å². The summed E-state index contributed by atoms with van der Waals surface area (Å²) >= 11 is 0. The number of nitrogens with two attached hydrogens (primary N) is 1. The molecule has 0 fully saturated rings. The molecule has 2 aromatic rings. The van der Waals surface area contributed by atoms with Gasteiger partial charge in [-0.2, -0.15) is 13.2 Å². The molecule has 32 heavy (non-hydrogen) atoms. The zero-order valence-electron chi connectivity index (χ0n) is 19.2. The Hall–Kier alpha value is -2.18. The number of nitrogens with zero attached hydrogens (tertiary/aromatic N) is 2. The van der Waals surface area contributed by atoms with Crippen LogP contribution in [0.1, 0.15) is 74.2 Å². The first-order valence-corrected chi connectivity index (χ1v) is 11.6. The highest BCUT2D eigenvalue weighted by Gasteiger charge is 2.29. The summed E-state index contributed by atoms with van der Waals surface area (Å²) in [5.74, 6) is 0. The smallest absolute Gasteiger partial charge is 0.324 e. The molecule has 3 nitrogen and oxygen atoms in total. The summed E-state index contributed by atoms with van der Waals surface area (Å²) in [4.78, 5) is 6.88. The Kier molecular flexibility index (Phi) is 10.9. The van der Waals surface area contributed by atoms with Crippen LogP contribution in [0.25, 0.3) is 0 Å². The lowest BCUT2D eigenvalue weighted by molar-refractivity contribution is -0.137. The molecule has 0 saturated carbocycles. The molecule has 2 aromatic carbocycles. The third-order valence-corrected chi connectivity index (χ3v) is 5.48. The molecule has 0 aliphatic rings. The van der Waals surface area contributed by atoms with Gasteiger partial charge < -0.3 is 10.6 Å². The third-order valence-electron chi connectivity index (χ3n) is 5.48. The van der Waals surface area contributed by atoms with Crippen LogP contribution in [0.2, 0.25) is 0 Å². The molecule has 2 rings (SSSR count). The van der Waals surface area contributed by atoms with Gasteiger partial charge in [-0.3, -0.25) is 4.99 Å². The second-order valence-corrected chi connectivity index (χ2v) is 8.28. The van der Waals surface area contributed by atoms with Crippen molar-refractivity contribution in [3.8, 4) is 0 Å². The van der Waals surface area contributed by atoms with E-state index in [9.17, 15) is 13.2 Å². The first-order valence-electron chi connectivity index (χ1n) is 11.6. The number of unbranched alkanes of at least 4 members (excludes halogenated alkanes) is 1. The Balaban J connectivity index is 1.76. The molecule has 0 radical (unpaired) electrons. The van der Waals surface area contributed by atoms with Gasteiger partial charge in [-0.15, -0.1) is 0 Å². The minimum Gasteiger partial charge on any atom is -0.324 e. The summed E-state index contributed by atoms with van der Waals surface area (Å²) in [7, 11) is 0. The Morgan fingerprint density at radius 1 is 0.906 bits per heavy atom. The zero-order valence-corrected chi connectivity index (χ0v) is 19.2. The van der Waals surface area contributed by atoms with E-state index >= 15 is 0 Å². The fourth-order valence-corrected chi connectivity index (χ4v) is 3.72. The van der Waals surface area contributed by atoms with Crippen molar-refractivity contribution in [2.75, 3.05) is 19.6 Å². The summed E-state index contributed by atoms with van der Waals surface area (Å²) < 4.78 is 37.8. The van der Waals surface area contributed by atoms with Gasteiger partial charge in [0.15, 0.2) is 0 Å². The van der Waals surface area contributed by atoms with Crippen LogP contribution < -0.4 is 5.73 Å². The molecule has 1 unspecified atom stereocenters. The zero-order chi connectivity index (χ0) is 23.4. The van der Waals surface area contributed by atoms with Gasteiger partial charge in [0.1, 0.15) is 0 Å². The molecule has 0 spiro atoms. The van der Waals surface area contributed by atoms with E-state index in [1.807, 2.05) is 24.3 Å². The lowest BCUT2D eigenvalue weighted by atomic mass is 10.0. The minimum atomic E-state index is -4.32. The average Bonchev–Trinajstić information content (AvgIpc) is 2.77. The van der Waals surface area contributed by atoms with E-state index in [2.05, 4.69) is 23.7 Å². The lowest BCUT2D eigenvalue weighted by Gasteiger charge is -2.21. The number of halogens is 3. The van der Waals surface area contributed by atoms with Crippen LogP contribution in [-0.2, 0) is 12.7 Å². The SMILES string of the molecule is CCCN(CCC)CCCCC(N)c1ccc(CN=Cc2ccc(C(F)(F)F)cc2)cc1. The van der Waals surface area contributed by atoms with Crippen molar-refractivity contribution < 1.29 is 13.2 Å². The standard InChI is InChI=1S/C26H36F3N3/c1-3-16-32(17-4-2)18-6-5-7-25(30)23-12-8-21(9-13-23)19-31-20-22-10-14-24(15-11-22)26(27,28)29/h8-15,20,25H,3-7,16-19,30H2,1-2H3. The summed E-state index contributed by atoms with van der Waals surface area (Å²) in [5.41, 5.74) is 8.53. The number of benzene rings is 2. The predicted molar refractivity (Wildman–Crippen MR) is 127 cm³/mol. The maximum absolute atomic E-state index is 12.6. The van der Waals surface area contributed by atoms with Crippen LogP contribution >= 0.6 is 0 Å². The molecule has 2 N–H and O–H groups in total. The Labute approximate surface area is 190 Å². The Morgan fingerprint density at radius 2 is 1.53 bits per heavy atom. The van der Waals surface area contributed by atoms with Gasteiger partial charge in [-0.1, -0.05) is 56.7 Å². The van der Waals surface area contributed by atoms with Crippen molar-refractivity contribution in [2.45, 2.75) is 64.7 Å². The third kappa shape index (κ3) is 9.13. The quantitative estimate of drug-likeness (QED) is 0.277. The molecular formula is C26H36F3N3. The van der Waals surface area contributed by atoms with Crippen molar-refractivity contribution in [3.63, 3.8) is 0 Å². The van der Waals surface area contributed by atoms with Gasteiger partial charge in [0, 0.05) is 12.3 Å². The van der Waals surface area contributed by atoms with E-state index in [0.717, 1.165) is 42.6 Å². The van der Waals surface area contributed by atoms with E-state index in [-0.39, 0.29) is 6.04 Å². The molecule has 0 saturated heterocycles. The molecule has 0 aliphatic carbocycles. The van der Waals surface area contributed by atoms with Gasteiger partial charge in [0.2, 0.25) is 0 Å². The summed E-state index contributed by atoms with van der Waals surface area (Å²) in [6.45, 7) is 8.40. The molecule has 0 aromatic heterocycles. The van der Waals surface area contributed by atoms with Crippen LogP contribution in [0, 0.1) is 0 Å². The fourth-order valence-electron chi connectivity index (χ4n) is 3.72. The average molecular weight is 448 g/mol. The Morgan fingerprint density at radius 3 is 2.09 bits per heavy atom. The van der Waals surface area contributed by atoms with Crippen molar-refractivity contribution in [1.29, 1.82) is 0 Å². The van der Waals surface area contributed by atoms with Gasteiger partial charge in [-0.05, 0) is 74.1 Å². The lowest BCUT2D eigenvalue weighted by Crippen LogP contribution is -2.26. The van der Waals surface area contributed by atoms with Crippen LogP contribution in [0.15, 0.2) is 53.5 Å². The second-order valence-electron chi connectivity index (χ2n) is 8.28. The van der Waals surface area contributed by atoms with E-state index in [4.69, 9.17) is 5.73 Å². The highest BCUT2D eigenvalue weighted by atomic mass is 19.4. The van der Waals surface area contributed by atoms with Crippen molar-refractivity contribution >= 4 is 6.21 Å². The molecule has 0 bridgehead atoms. The van der Waals surface area contributed by atoms with E-state index < -0.39 is 11.7 Å². The molecule has 6 heteroatoms. The van der Waals surface area contributed by atoms with E-state index in [1.165, 1.54) is 44.5 Å². The van der Waals surface area contributed by atoms with Crippen LogP contribution in [0.3, 0.4) is 0 Å². The van der Waals surface area contributed by atoms with Crippen LogP contribution in [0.5, 0.6) is 0 Å². The van der Waals surface area contributed by atoms with Gasteiger partial charge in [-0.25, -0.2) is 0 Å². The molecule has 0 amide bonds. The first kappa shape index (κ1) is 26.1. The summed E-state index contributed by atoms with van der Waals surface area (Å²) in [6, 6.07) is 13.2. The van der Waals surface area contributed by atoms with Crippen molar-refractivity contribution in [3.05, 3.63) is 70.8 Å². The largest absolute Gasteiger partial charge is 0.416 e. The normalized spacial score (nSPS) is 13.2. The first-order chi connectivity index (χ1) is 15.3. The molecule has 0 heterocycles. The number of rotatable bonds is 13. The second kappa shape index (κ2) is 13.4. The number of hydrogen-bond donors (Lipinski definition) is 1. The van der Waals surface area contributed by atoms with Gasteiger partial charge in [0.25, 0.3) is 0 Å². The maximum Gasteiger partial charge on any atom is 0.416 e. The predicted octanol–water partition coefficient (Wildman–Crippen LogP) is 6.62. The molecular weight excluding hydrogens is 411 g/mol. The van der Waals surface area contributed by atoms with Gasteiger partial charge >= 0.3 is 6.18 Å². The van der Waals surface area contributed by atoms with E-state index in [1.54, 1.807) is 6.21 Å². The van der Waals surface area contributed by atoms with Crippen molar-refractivity contribution in [1.82, 2.24) is 4.90 Å². The number of alkyl halides is 3. The molecule has 1 atom stereocenters. The fraction of sp³-hybridized carbons (Fsp3) is 0.500. The summed E-state index contributed by atoms with van der Waals surface area (Å²) in [5, 5.41) is 0. The van der Waals surface area contributed by atoms with Gasteiger partial charge in [0.05, 0.1) is 12.1 Å². The highest BCUT2D eigenvalue weighted by molar-refractivity contribution is 5.79. The van der Waals surface area contributed by atoms with Crippen LogP contribution in [0.4, 0.5) is 13.2 Å². The number of aliphatic imine (C=N–C) groups is 1. The van der Waals surface area contributed by atoms with Crippen molar-refractivity contribution in [2.24, 2.45) is 10.7 Å². The minimum absolute atomic E-state index is 0.0329. The van der Waals surface area contributed by atoms with E-state index in [0.29, 0.717) is 12.1 Å². The highest BCUT2D eigenvalue weighted by Crippen LogP contribution is 2.28. The monoisotopic (exact) mass is 447 g/mol. The van der Waals surface area contributed by atoms with Crippen LogP contribution in [-0.4, -0.2) is 30.7 Å². The molecule has 176 valence electrons. The number of hydrogen-bond acceptors (Lipinski definition) is 3. The molecule has 0 aliphatic heterocycles.